The molecule has 0 fully saturated rings. The predicted octanol–water partition coefficient (Wildman–Crippen LogP) is 19.4. The van der Waals surface area contributed by atoms with E-state index in [1.807, 2.05) is 133 Å². The maximum absolute atomic E-state index is 10.8. The molecule has 0 aliphatic rings. The van der Waals surface area contributed by atoms with Crippen molar-refractivity contribution < 1.29 is 20.1 Å². The Labute approximate surface area is 575 Å². The van der Waals surface area contributed by atoms with Gasteiger partial charge in [-0.15, -0.1) is 35.4 Å². The second-order valence-electron chi connectivity index (χ2n) is 23.3. The van der Waals surface area contributed by atoms with Crippen LogP contribution < -0.4 is 4.98 Å². The van der Waals surface area contributed by atoms with E-state index in [0.717, 1.165) is 132 Å². The molecule has 0 unspecified atom stereocenters. The molecule has 0 saturated carbocycles. The van der Waals surface area contributed by atoms with Crippen LogP contribution in [-0.4, -0.2) is 43.4 Å². The number of para-hydroxylation sites is 8. The number of rotatable bonds is 8. The Hall–Kier alpha value is -13.2. The van der Waals surface area contributed by atoms with Gasteiger partial charge in [-0.2, -0.15) is 0 Å². The molecule has 0 aliphatic heterocycles. The summed E-state index contributed by atoms with van der Waals surface area (Å²) in [6.45, 7) is 0. The first-order valence-electron chi connectivity index (χ1n) is 31.7. The number of hydrogen-bond acceptors (Lipinski definition) is 7. The van der Waals surface area contributed by atoms with Gasteiger partial charge in [-0.1, -0.05) is 206 Å². The van der Waals surface area contributed by atoms with Crippen LogP contribution in [0.5, 0.6) is 0 Å². The molecule has 460 valence electrons. The van der Waals surface area contributed by atoms with Gasteiger partial charge in [0.25, 0.3) is 0 Å². The summed E-state index contributed by atoms with van der Waals surface area (Å²) in [6, 6.07) is 111. The molecule has 98 heavy (non-hydrogen) atoms. The van der Waals surface area contributed by atoms with Crippen molar-refractivity contribution in [2.75, 3.05) is 0 Å². The fourth-order valence-corrected chi connectivity index (χ4v) is 13.6. The van der Waals surface area contributed by atoms with E-state index in [4.69, 9.17) is 0 Å². The Bertz CT molecular complexity index is 5430. The fraction of sp³-hybridized carbons (Fsp3) is 0. The summed E-state index contributed by atoms with van der Waals surface area (Å²) in [5.74, 6) is 1.19. The Kier molecular flexibility index (Phi) is 15.6. The van der Waals surface area contributed by atoms with E-state index in [1.165, 1.54) is 0 Å². The molecule has 0 atom stereocenters. The van der Waals surface area contributed by atoms with Crippen LogP contribution in [0.15, 0.2) is 310 Å². The quantitative estimate of drug-likeness (QED) is 0.137. The van der Waals surface area contributed by atoms with Crippen LogP contribution in [0.2, 0.25) is 0 Å². The van der Waals surface area contributed by atoms with Crippen molar-refractivity contribution in [3.8, 4) is 80.3 Å². The standard InChI is InChI=1S/2C36H21N4.C13H9N4.Ir/c2*37-23-29-35(39-31-16-5-1-11-25(31)26-12-2-6-17-32(26)39)21-24(30-15-9-10-20-38-30)22-36(29)40-33-18-7-3-13-27(33)28-14-4-8-19-34(28)40;1-2-6-10(7-3-1)12-15-13(17-16-12)11-8-4-5-9-14-11;/h2*1-21H;1-9H;/q3*-1;+3. The Morgan fingerprint density at radius 3 is 0.878 bits per heavy atom. The minimum absolute atomic E-state index is 0. The maximum atomic E-state index is 10.8. The third-order valence-corrected chi connectivity index (χ3v) is 17.8. The Morgan fingerprint density at radius 1 is 0.296 bits per heavy atom. The summed E-state index contributed by atoms with van der Waals surface area (Å²) in [5.41, 5.74) is 17.4. The maximum Gasteiger partial charge on any atom is 3.00 e. The van der Waals surface area contributed by atoms with Crippen molar-refractivity contribution in [3.05, 3.63) is 333 Å². The van der Waals surface area contributed by atoms with Crippen LogP contribution in [0.25, 0.3) is 155 Å². The van der Waals surface area contributed by atoms with Gasteiger partial charge >= 0.3 is 20.1 Å². The zero-order valence-electron chi connectivity index (χ0n) is 52.1. The van der Waals surface area contributed by atoms with Gasteiger partial charge in [0.15, 0.2) is 0 Å². The van der Waals surface area contributed by atoms with Gasteiger partial charge in [-0.25, -0.2) is 10.5 Å². The number of benzene rings is 11. The molecule has 11 aromatic carbocycles. The Morgan fingerprint density at radius 2 is 0.571 bits per heavy atom. The van der Waals surface area contributed by atoms with Crippen LogP contribution in [0, 0.1) is 34.8 Å². The first-order valence-corrected chi connectivity index (χ1v) is 31.7. The average Bonchev–Trinajstić information content (AvgIpc) is 1.57. The van der Waals surface area contributed by atoms with Crippen molar-refractivity contribution in [2.45, 2.75) is 0 Å². The second-order valence-corrected chi connectivity index (χ2v) is 23.3. The first kappa shape index (κ1) is 59.8. The van der Waals surface area contributed by atoms with Gasteiger partial charge < -0.3 is 43.4 Å². The normalized spacial score (nSPS) is 11.2. The number of nitrogens with zero attached hydrogens (tertiary/aromatic N) is 12. The number of nitriles is 2. The average molecular weight is 1430 g/mol. The van der Waals surface area contributed by atoms with Crippen LogP contribution >= 0.6 is 0 Å². The van der Waals surface area contributed by atoms with Crippen LogP contribution in [0.1, 0.15) is 11.1 Å². The van der Waals surface area contributed by atoms with E-state index >= 15 is 0 Å². The number of pyridine rings is 3. The Balaban J connectivity index is 0.000000123. The SMILES string of the molecule is N#Cc1c(-n2c3ccccc3c3ccccc32)[c-]c(-c2ccccn2)cc1-n1c2ccccc2c2ccccc21.N#Cc1c(-n2c3ccccc3c3ccccc32)[c-]c(-c2ccccn2)cc1-n1c2ccccc2c2ccccc21.[Ir+3].c1ccc(-c2nnc(-c3ccccn3)[n-]2)cc1. The molecule has 0 aliphatic carbocycles. The van der Waals surface area contributed by atoms with Crippen molar-refractivity contribution in [1.82, 2.24) is 48.4 Å². The van der Waals surface area contributed by atoms with Crippen molar-refractivity contribution in [2.24, 2.45) is 0 Å². The molecule has 13 heteroatoms. The predicted molar refractivity (Wildman–Crippen MR) is 388 cm³/mol. The van der Waals surface area contributed by atoms with E-state index in [9.17, 15) is 10.5 Å². The zero-order chi connectivity index (χ0) is 64.8. The second kappa shape index (κ2) is 25.6. The monoisotopic (exact) mass is 1430 g/mol. The molecule has 0 radical (unpaired) electrons. The summed E-state index contributed by atoms with van der Waals surface area (Å²) in [6.07, 6.45) is 5.30. The van der Waals surface area contributed by atoms with Gasteiger partial charge in [0.05, 0.1) is 62.0 Å². The van der Waals surface area contributed by atoms with Crippen LogP contribution in [-0.2, 0) is 20.1 Å². The van der Waals surface area contributed by atoms with E-state index in [2.05, 4.69) is 230 Å². The van der Waals surface area contributed by atoms with E-state index in [1.54, 1.807) is 18.6 Å². The van der Waals surface area contributed by atoms with Gasteiger partial charge in [0.1, 0.15) is 0 Å². The van der Waals surface area contributed by atoms with Gasteiger partial charge in [-0.3, -0.25) is 4.98 Å². The van der Waals surface area contributed by atoms with Gasteiger partial charge in [-0.05, 0) is 112 Å². The fourth-order valence-electron chi connectivity index (χ4n) is 13.6. The largest absolute Gasteiger partial charge is 3.00 e. The number of fused-ring (bicyclic) bond motifs is 12. The number of aromatic nitrogens is 10. The van der Waals surface area contributed by atoms with Crippen LogP contribution in [0.4, 0.5) is 0 Å². The molecule has 19 aromatic rings. The minimum atomic E-state index is 0. The van der Waals surface area contributed by atoms with Gasteiger partial charge in [0.2, 0.25) is 0 Å². The smallest absolute Gasteiger partial charge is 0.356 e. The summed E-state index contributed by atoms with van der Waals surface area (Å²) < 4.78 is 8.77. The van der Waals surface area contributed by atoms with E-state index in [-0.39, 0.29) is 20.1 Å². The zero-order valence-corrected chi connectivity index (χ0v) is 54.5. The molecule has 0 amide bonds. The molecular formula is C85H51IrN12. The summed E-state index contributed by atoms with van der Waals surface area (Å²) in [4.78, 5) is 17.9. The van der Waals surface area contributed by atoms with Crippen molar-refractivity contribution >= 4 is 87.2 Å². The molecule has 0 saturated heterocycles. The first-order chi connectivity index (χ1) is 48.1. The van der Waals surface area contributed by atoms with Crippen LogP contribution in [0.3, 0.4) is 0 Å². The van der Waals surface area contributed by atoms with Crippen molar-refractivity contribution in [3.63, 3.8) is 0 Å². The van der Waals surface area contributed by atoms with E-state index < -0.39 is 0 Å². The molecule has 0 spiro atoms. The molecule has 0 bridgehead atoms. The molecule has 12 nitrogen and oxygen atoms in total. The third-order valence-electron chi connectivity index (χ3n) is 17.8. The van der Waals surface area contributed by atoms with Crippen molar-refractivity contribution in [1.29, 1.82) is 10.5 Å². The molecule has 8 heterocycles. The number of hydrogen-bond donors (Lipinski definition) is 0. The molecule has 8 aromatic heterocycles. The third kappa shape index (κ3) is 10.3. The summed E-state index contributed by atoms with van der Waals surface area (Å²) >= 11 is 0. The summed E-state index contributed by atoms with van der Waals surface area (Å²) in [7, 11) is 0. The minimum Gasteiger partial charge on any atom is -0.356 e. The molecule has 0 N–H and O–H groups in total. The summed E-state index contributed by atoms with van der Waals surface area (Å²) in [5, 5.41) is 38.9. The molecular weight excluding hydrogens is 1380 g/mol. The van der Waals surface area contributed by atoms with Gasteiger partial charge in [0, 0.05) is 84.5 Å². The van der Waals surface area contributed by atoms with E-state index in [0.29, 0.717) is 34.2 Å². The molecule has 19 rings (SSSR count). The topological polar surface area (TPSA) is 146 Å².